The molecule has 0 aliphatic heterocycles. The highest BCUT2D eigenvalue weighted by molar-refractivity contribution is 7.98. The second kappa shape index (κ2) is 5.33. The van der Waals surface area contributed by atoms with Gasteiger partial charge in [-0.2, -0.15) is 4.98 Å². The third-order valence-electron chi connectivity index (χ3n) is 3.09. The van der Waals surface area contributed by atoms with Crippen LogP contribution in [0, 0.1) is 13.8 Å². The van der Waals surface area contributed by atoms with Gasteiger partial charge in [-0.05, 0) is 19.1 Å². The maximum atomic E-state index is 12.4. The molecule has 0 saturated heterocycles. The molecule has 3 rings (SSSR count). The highest BCUT2D eigenvalue weighted by Gasteiger charge is 2.11. The minimum Gasteiger partial charge on any atom is -0.340 e. The van der Waals surface area contributed by atoms with Crippen molar-refractivity contribution >= 4 is 22.7 Å². The Labute approximate surface area is 125 Å². The molecule has 0 amide bonds. The van der Waals surface area contributed by atoms with E-state index >= 15 is 0 Å². The lowest BCUT2D eigenvalue weighted by molar-refractivity contribution is 0.389. The highest BCUT2D eigenvalue weighted by atomic mass is 32.2. The summed E-state index contributed by atoms with van der Waals surface area (Å²) in [5.41, 5.74) is 1.70. The molecule has 21 heavy (non-hydrogen) atoms. The van der Waals surface area contributed by atoms with Gasteiger partial charge in [-0.15, -0.1) is 0 Å². The molecule has 0 aliphatic rings. The molecule has 0 atom stereocenters. The number of benzene rings is 1. The fourth-order valence-electron chi connectivity index (χ4n) is 2.02. The van der Waals surface area contributed by atoms with E-state index in [9.17, 15) is 4.79 Å². The summed E-state index contributed by atoms with van der Waals surface area (Å²) in [5.74, 6) is 1.63. The fraction of sp³-hybridized carbons (Fsp3) is 0.286. The van der Waals surface area contributed by atoms with E-state index in [-0.39, 0.29) is 5.56 Å². The van der Waals surface area contributed by atoms with Crippen LogP contribution in [0.5, 0.6) is 0 Å². The van der Waals surface area contributed by atoms with Crippen LogP contribution in [-0.2, 0) is 12.8 Å². The summed E-state index contributed by atoms with van der Waals surface area (Å²) in [4.78, 5) is 21.1. The zero-order valence-electron chi connectivity index (χ0n) is 12.0. The van der Waals surface area contributed by atoms with Gasteiger partial charge < -0.3 is 4.52 Å². The monoisotopic (exact) mass is 302 g/mol. The maximum absolute atomic E-state index is 12.4. The predicted molar refractivity (Wildman–Crippen MR) is 80.3 cm³/mol. The van der Waals surface area contributed by atoms with Gasteiger partial charge in [0.15, 0.2) is 11.0 Å². The molecule has 0 radical (unpaired) electrons. The van der Waals surface area contributed by atoms with Crippen LogP contribution in [0.4, 0.5) is 0 Å². The summed E-state index contributed by atoms with van der Waals surface area (Å²) >= 11 is 1.41. The van der Waals surface area contributed by atoms with Crippen LogP contribution < -0.4 is 5.56 Å². The lowest BCUT2D eigenvalue weighted by Crippen LogP contribution is -2.20. The Morgan fingerprint density at radius 1 is 1.29 bits per heavy atom. The second-order valence-corrected chi connectivity index (χ2v) is 5.74. The first-order valence-corrected chi connectivity index (χ1v) is 7.42. The SMILES string of the molecule is Cc1ccc2nc(SCc3noc(C)n3)n(C)c(=O)c2c1. The molecule has 0 saturated carbocycles. The Kier molecular flexibility index (Phi) is 3.50. The number of rotatable bonds is 3. The third-order valence-corrected chi connectivity index (χ3v) is 4.12. The molecule has 3 aromatic rings. The molecule has 7 heteroatoms. The number of hydrogen-bond donors (Lipinski definition) is 0. The van der Waals surface area contributed by atoms with Crippen LogP contribution in [0.25, 0.3) is 10.9 Å². The van der Waals surface area contributed by atoms with Gasteiger partial charge in [0, 0.05) is 14.0 Å². The second-order valence-electron chi connectivity index (χ2n) is 4.80. The number of aryl methyl sites for hydroxylation is 2. The van der Waals surface area contributed by atoms with Crippen molar-refractivity contribution in [2.45, 2.75) is 24.8 Å². The van der Waals surface area contributed by atoms with Crippen LogP contribution in [0.2, 0.25) is 0 Å². The first-order valence-electron chi connectivity index (χ1n) is 6.44. The van der Waals surface area contributed by atoms with Crippen molar-refractivity contribution < 1.29 is 4.52 Å². The van der Waals surface area contributed by atoms with Gasteiger partial charge in [0.1, 0.15) is 0 Å². The average molecular weight is 302 g/mol. The maximum Gasteiger partial charge on any atom is 0.261 e. The summed E-state index contributed by atoms with van der Waals surface area (Å²) in [6.45, 7) is 3.70. The molecule has 2 aromatic heterocycles. The smallest absolute Gasteiger partial charge is 0.261 e. The van der Waals surface area contributed by atoms with Crippen LogP contribution in [-0.4, -0.2) is 19.7 Å². The molecule has 1 aromatic carbocycles. The average Bonchev–Trinajstić information content (AvgIpc) is 2.88. The fourth-order valence-corrected chi connectivity index (χ4v) is 2.84. The van der Waals surface area contributed by atoms with Gasteiger partial charge in [-0.25, -0.2) is 4.98 Å². The van der Waals surface area contributed by atoms with Crippen molar-refractivity contribution in [3.05, 3.63) is 45.8 Å². The normalized spacial score (nSPS) is 11.2. The molecular formula is C14H14N4O2S. The van der Waals surface area contributed by atoms with Crippen molar-refractivity contribution in [2.24, 2.45) is 7.05 Å². The lowest BCUT2D eigenvalue weighted by Gasteiger charge is -2.08. The zero-order chi connectivity index (χ0) is 15.0. The van der Waals surface area contributed by atoms with Gasteiger partial charge in [0.25, 0.3) is 5.56 Å². The van der Waals surface area contributed by atoms with E-state index in [2.05, 4.69) is 15.1 Å². The number of hydrogen-bond acceptors (Lipinski definition) is 6. The number of thioether (sulfide) groups is 1. The zero-order valence-corrected chi connectivity index (χ0v) is 12.8. The van der Waals surface area contributed by atoms with Gasteiger partial charge in [0.2, 0.25) is 5.89 Å². The molecule has 2 heterocycles. The van der Waals surface area contributed by atoms with Gasteiger partial charge in [0.05, 0.1) is 16.7 Å². The molecule has 0 spiro atoms. The topological polar surface area (TPSA) is 73.8 Å². The highest BCUT2D eigenvalue weighted by Crippen LogP contribution is 2.20. The Bertz CT molecular complexity index is 869. The summed E-state index contributed by atoms with van der Waals surface area (Å²) < 4.78 is 6.48. The Morgan fingerprint density at radius 3 is 2.81 bits per heavy atom. The van der Waals surface area contributed by atoms with Crippen LogP contribution in [0.3, 0.4) is 0 Å². The van der Waals surface area contributed by atoms with E-state index in [0.29, 0.717) is 33.5 Å². The van der Waals surface area contributed by atoms with Crippen LogP contribution in [0.15, 0.2) is 32.7 Å². The molecule has 0 fully saturated rings. The van der Waals surface area contributed by atoms with E-state index in [1.807, 2.05) is 25.1 Å². The van der Waals surface area contributed by atoms with Crippen LogP contribution >= 0.6 is 11.8 Å². The van der Waals surface area contributed by atoms with Gasteiger partial charge >= 0.3 is 0 Å². The standard InChI is InChI=1S/C14H14N4O2S/c1-8-4-5-11-10(6-8)13(19)18(3)14(16-11)21-7-12-15-9(2)20-17-12/h4-6H,7H2,1-3H3. The minimum atomic E-state index is -0.0458. The molecule has 0 unspecified atom stereocenters. The van der Waals surface area contributed by atoms with Crippen LogP contribution in [0.1, 0.15) is 17.3 Å². The van der Waals surface area contributed by atoms with E-state index in [0.717, 1.165) is 5.56 Å². The first-order chi connectivity index (χ1) is 10.0. The molecule has 0 bridgehead atoms. The van der Waals surface area contributed by atoms with E-state index in [1.54, 1.807) is 18.5 Å². The summed E-state index contributed by atoms with van der Waals surface area (Å²) in [6.07, 6.45) is 0. The third kappa shape index (κ3) is 2.69. The lowest BCUT2D eigenvalue weighted by atomic mass is 10.2. The quantitative estimate of drug-likeness (QED) is 0.545. The Balaban J connectivity index is 1.97. The Morgan fingerprint density at radius 2 is 2.10 bits per heavy atom. The minimum absolute atomic E-state index is 0.0458. The molecule has 108 valence electrons. The van der Waals surface area contributed by atoms with E-state index in [1.165, 1.54) is 11.8 Å². The van der Waals surface area contributed by atoms with Crippen molar-refractivity contribution in [3.63, 3.8) is 0 Å². The van der Waals surface area contributed by atoms with Crippen molar-refractivity contribution in [3.8, 4) is 0 Å². The van der Waals surface area contributed by atoms with Crippen molar-refractivity contribution in [2.75, 3.05) is 0 Å². The summed E-state index contributed by atoms with van der Waals surface area (Å²) in [6, 6.07) is 5.68. The van der Waals surface area contributed by atoms with Crippen molar-refractivity contribution in [1.29, 1.82) is 0 Å². The molecule has 6 nitrogen and oxygen atoms in total. The predicted octanol–water partition coefficient (Wildman–Crippen LogP) is 2.23. The molecular weight excluding hydrogens is 288 g/mol. The van der Waals surface area contributed by atoms with Gasteiger partial charge in [-0.3, -0.25) is 9.36 Å². The number of fused-ring (bicyclic) bond motifs is 1. The molecule has 0 aliphatic carbocycles. The summed E-state index contributed by atoms with van der Waals surface area (Å²) in [5, 5.41) is 5.11. The largest absolute Gasteiger partial charge is 0.340 e. The van der Waals surface area contributed by atoms with Crippen molar-refractivity contribution in [1.82, 2.24) is 19.7 Å². The number of nitrogens with zero attached hydrogens (tertiary/aromatic N) is 4. The first kappa shape index (κ1) is 13.8. The summed E-state index contributed by atoms with van der Waals surface area (Å²) in [7, 11) is 1.72. The van der Waals surface area contributed by atoms with Gasteiger partial charge in [-0.1, -0.05) is 28.5 Å². The van der Waals surface area contributed by atoms with E-state index < -0.39 is 0 Å². The number of aromatic nitrogens is 4. The van der Waals surface area contributed by atoms with E-state index in [4.69, 9.17) is 4.52 Å². The Hall–Kier alpha value is -2.15. The molecule has 0 N–H and O–H groups in total.